The molecular weight excluding hydrogens is 400 g/mol. The van der Waals surface area contributed by atoms with Crippen LogP contribution in [0, 0.1) is 6.92 Å². The largest absolute Gasteiger partial charge is 0.249 e. The summed E-state index contributed by atoms with van der Waals surface area (Å²) in [4.78, 5) is 9.88. The summed E-state index contributed by atoms with van der Waals surface area (Å²) in [5.74, 6) is 0. The first-order valence-corrected chi connectivity index (χ1v) is 11.3. The number of aryl methyl sites for hydroxylation is 1. The molecule has 2 heteroatoms. The maximum atomic E-state index is 5.03. The van der Waals surface area contributed by atoms with Crippen LogP contribution in [0.15, 0.2) is 103 Å². The molecule has 0 spiro atoms. The van der Waals surface area contributed by atoms with Crippen molar-refractivity contribution in [2.75, 3.05) is 0 Å². The van der Waals surface area contributed by atoms with Crippen molar-refractivity contribution in [2.45, 2.75) is 6.92 Å². The van der Waals surface area contributed by atoms with Gasteiger partial charge in [0.05, 0.1) is 22.4 Å². The van der Waals surface area contributed by atoms with Crippen molar-refractivity contribution in [1.82, 2.24) is 9.97 Å². The zero-order chi connectivity index (χ0) is 21.9. The third-order valence-corrected chi connectivity index (χ3v) is 6.73. The van der Waals surface area contributed by atoms with Crippen LogP contribution in [0.2, 0.25) is 0 Å². The van der Waals surface area contributed by atoms with Crippen molar-refractivity contribution in [3.8, 4) is 22.4 Å². The van der Waals surface area contributed by atoms with Crippen LogP contribution < -0.4 is 0 Å². The van der Waals surface area contributed by atoms with E-state index in [1.165, 1.54) is 37.9 Å². The van der Waals surface area contributed by atoms with Crippen molar-refractivity contribution >= 4 is 43.4 Å². The van der Waals surface area contributed by atoms with Gasteiger partial charge in [-0.05, 0) is 62.5 Å². The average molecular weight is 421 g/mol. The Labute approximate surface area is 191 Å². The van der Waals surface area contributed by atoms with Crippen molar-refractivity contribution in [1.29, 1.82) is 0 Å². The highest BCUT2D eigenvalue weighted by Crippen LogP contribution is 2.39. The summed E-state index contributed by atoms with van der Waals surface area (Å²) in [6.07, 6.45) is 0. The Kier molecular flexibility index (Phi) is 3.80. The van der Waals surface area contributed by atoms with Gasteiger partial charge in [-0.3, -0.25) is 0 Å². The lowest BCUT2D eigenvalue weighted by atomic mass is 9.90. The van der Waals surface area contributed by atoms with E-state index in [2.05, 4.69) is 84.9 Å². The summed E-state index contributed by atoms with van der Waals surface area (Å²) in [6.45, 7) is 2.03. The van der Waals surface area contributed by atoms with Crippen molar-refractivity contribution in [3.05, 3.63) is 109 Å². The van der Waals surface area contributed by atoms with Gasteiger partial charge in [-0.2, -0.15) is 0 Å². The summed E-state index contributed by atoms with van der Waals surface area (Å²) < 4.78 is 0. The summed E-state index contributed by atoms with van der Waals surface area (Å²) >= 11 is 0. The van der Waals surface area contributed by atoms with Crippen LogP contribution in [0.4, 0.5) is 0 Å². The lowest BCUT2D eigenvalue weighted by Gasteiger charge is -2.14. The Morgan fingerprint density at radius 2 is 1.24 bits per heavy atom. The molecule has 154 valence electrons. The van der Waals surface area contributed by atoms with Crippen LogP contribution in [0.5, 0.6) is 0 Å². The Morgan fingerprint density at radius 1 is 0.515 bits per heavy atom. The molecule has 7 rings (SSSR count). The minimum absolute atomic E-state index is 0.919. The molecule has 6 aromatic carbocycles. The molecule has 0 radical (unpaired) electrons. The van der Waals surface area contributed by atoms with Crippen LogP contribution in [0.25, 0.3) is 65.7 Å². The molecule has 0 saturated carbocycles. The number of rotatable bonds is 2. The molecule has 0 amide bonds. The van der Waals surface area contributed by atoms with Gasteiger partial charge in [0.25, 0.3) is 0 Å². The molecule has 7 aromatic rings. The van der Waals surface area contributed by atoms with E-state index in [9.17, 15) is 0 Å². The lowest BCUT2D eigenvalue weighted by Crippen LogP contribution is -1.95. The Morgan fingerprint density at radius 3 is 2.06 bits per heavy atom. The molecular formula is C31H20N2. The highest BCUT2D eigenvalue weighted by atomic mass is 14.8. The van der Waals surface area contributed by atoms with Gasteiger partial charge < -0.3 is 0 Å². The van der Waals surface area contributed by atoms with Gasteiger partial charge in [-0.1, -0.05) is 91.0 Å². The smallest absolute Gasteiger partial charge is 0.0922 e. The van der Waals surface area contributed by atoms with Crippen LogP contribution >= 0.6 is 0 Å². The minimum Gasteiger partial charge on any atom is -0.249 e. The zero-order valence-corrected chi connectivity index (χ0v) is 18.2. The summed E-state index contributed by atoms with van der Waals surface area (Å²) in [5, 5.41) is 7.81. The highest BCUT2D eigenvalue weighted by molar-refractivity contribution is 6.25. The summed E-state index contributed by atoms with van der Waals surface area (Å²) in [5.41, 5.74) is 7.22. The van der Waals surface area contributed by atoms with Crippen LogP contribution in [-0.4, -0.2) is 9.97 Å². The molecule has 0 atom stereocenters. The van der Waals surface area contributed by atoms with Crippen LogP contribution in [-0.2, 0) is 0 Å². The van der Waals surface area contributed by atoms with Gasteiger partial charge in [-0.25, -0.2) is 9.97 Å². The van der Waals surface area contributed by atoms with E-state index >= 15 is 0 Å². The molecule has 0 fully saturated rings. The molecule has 33 heavy (non-hydrogen) atoms. The van der Waals surface area contributed by atoms with E-state index < -0.39 is 0 Å². The molecule has 1 heterocycles. The van der Waals surface area contributed by atoms with Gasteiger partial charge >= 0.3 is 0 Å². The molecule has 1 aromatic heterocycles. The molecule has 2 nitrogen and oxygen atoms in total. The SMILES string of the molecule is Cc1nc2ccc(-c3ccc4ccc5cccc6ccc3c4c56)cc2nc1-c1ccccc1. The molecule has 0 N–H and O–H groups in total. The van der Waals surface area contributed by atoms with Gasteiger partial charge in [-0.15, -0.1) is 0 Å². The maximum absolute atomic E-state index is 5.03. The number of hydrogen-bond acceptors (Lipinski definition) is 2. The molecule has 0 aliphatic carbocycles. The second kappa shape index (κ2) is 6.85. The quantitative estimate of drug-likeness (QED) is 0.264. The number of benzene rings is 6. The van der Waals surface area contributed by atoms with E-state index in [4.69, 9.17) is 9.97 Å². The monoisotopic (exact) mass is 420 g/mol. The lowest BCUT2D eigenvalue weighted by molar-refractivity contribution is 1.19. The van der Waals surface area contributed by atoms with Gasteiger partial charge in [0.2, 0.25) is 0 Å². The summed E-state index contributed by atoms with van der Waals surface area (Å²) in [6, 6.07) is 36.7. The predicted octanol–water partition coefficient (Wildman–Crippen LogP) is 8.17. The van der Waals surface area contributed by atoms with Gasteiger partial charge in [0.15, 0.2) is 0 Å². The fourth-order valence-corrected chi connectivity index (χ4v) is 5.17. The van der Waals surface area contributed by atoms with E-state index in [-0.39, 0.29) is 0 Å². The van der Waals surface area contributed by atoms with Crippen molar-refractivity contribution in [2.24, 2.45) is 0 Å². The standard InChI is InChI=1S/C31H20N2/c1-19-31(23-6-3-2-4-7-23)33-28-18-24(14-17-27(28)32-19)25-15-12-22-11-10-20-8-5-9-21-13-16-26(25)30(22)29(20)21/h2-18H,1H3. The highest BCUT2D eigenvalue weighted by Gasteiger charge is 2.13. The van der Waals surface area contributed by atoms with E-state index in [0.717, 1.165) is 33.5 Å². The van der Waals surface area contributed by atoms with Crippen molar-refractivity contribution in [3.63, 3.8) is 0 Å². The zero-order valence-electron chi connectivity index (χ0n) is 18.2. The van der Waals surface area contributed by atoms with E-state index in [1.54, 1.807) is 0 Å². The average Bonchev–Trinajstić information content (AvgIpc) is 2.87. The Balaban J connectivity index is 1.49. The molecule has 0 aliphatic rings. The second-order valence-corrected chi connectivity index (χ2v) is 8.70. The third-order valence-electron chi connectivity index (χ3n) is 6.73. The normalized spacial score (nSPS) is 11.8. The third kappa shape index (κ3) is 2.74. The predicted molar refractivity (Wildman–Crippen MR) is 139 cm³/mol. The number of nitrogens with zero attached hydrogens (tertiary/aromatic N) is 2. The molecule has 0 aliphatic heterocycles. The van der Waals surface area contributed by atoms with E-state index in [1.807, 2.05) is 25.1 Å². The topological polar surface area (TPSA) is 25.8 Å². The first kappa shape index (κ1) is 18.3. The van der Waals surface area contributed by atoms with Crippen molar-refractivity contribution < 1.29 is 0 Å². The van der Waals surface area contributed by atoms with Gasteiger partial charge in [0.1, 0.15) is 0 Å². The van der Waals surface area contributed by atoms with E-state index in [0.29, 0.717) is 0 Å². The summed E-state index contributed by atoms with van der Waals surface area (Å²) in [7, 11) is 0. The second-order valence-electron chi connectivity index (χ2n) is 8.70. The number of aromatic nitrogens is 2. The Hall–Kier alpha value is -4.30. The molecule has 0 bridgehead atoms. The Bertz CT molecular complexity index is 1800. The first-order chi connectivity index (χ1) is 16.3. The van der Waals surface area contributed by atoms with Gasteiger partial charge in [0, 0.05) is 5.56 Å². The maximum Gasteiger partial charge on any atom is 0.0922 e. The number of hydrogen-bond donors (Lipinski definition) is 0. The van der Waals surface area contributed by atoms with Crippen LogP contribution in [0.3, 0.4) is 0 Å². The molecule has 0 unspecified atom stereocenters. The molecule has 0 saturated heterocycles. The fourth-order valence-electron chi connectivity index (χ4n) is 5.17. The number of fused-ring (bicyclic) bond motifs is 1. The van der Waals surface area contributed by atoms with Crippen LogP contribution in [0.1, 0.15) is 5.69 Å². The first-order valence-electron chi connectivity index (χ1n) is 11.3. The minimum atomic E-state index is 0.919. The fraction of sp³-hybridized carbons (Fsp3) is 0.0323.